The van der Waals surface area contributed by atoms with Crippen LogP contribution in [0.4, 0.5) is 0 Å². The molecule has 3 nitrogen and oxygen atoms in total. The fourth-order valence-electron chi connectivity index (χ4n) is 3.07. The van der Waals surface area contributed by atoms with E-state index in [0.29, 0.717) is 12.0 Å². The van der Waals surface area contributed by atoms with Gasteiger partial charge in [0.25, 0.3) is 5.91 Å². The van der Waals surface area contributed by atoms with Crippen molar-refractivity contribution < 1.29 is 4.79 Å². The van der Waals surface area contributed by atoms with Crippen LogP contribution < -0.4 is 0 Å². The van der Waals surface area contributed by atoms with Crippen LogP contribution in [-0.2, 0) is 16.6 Å². The van der Waals surface area contributed by atoms with Crippen LogP contribution in [0.1, 0.15) is 43.9 Å². The highest BCUT2D eigenvalue weighted by atomic mass is 35.5. The first-order valence-corrected chi connectivity index (χ1v) is 9.54. The van der Waals surface area contributed by atoms with Gasteiger partial charge in [-0.2, -0.15) is 5.10 Å². The number of benzene rings is 2. The van der Waals surface area contributed by atoms with E-state index in [-0.39, 0.29) is 11.3 Å². The highest BCUT2D eigenvalue weighted by Crippen LogP contribution is 2.25. The van der Waals surface area contributed by atoms with Crippen molar-refractivity contribution in [1.82, 2.24) is 5.01 Å². The smallest absolute Gasteiger partial charge is 0.267 e. The molecule has 2 aromatic rings. The second kappa shape index (κ2) is 7.69. The normalized spacial score (nSPS) is 16.2. The van der Waals surface area contributed by atoms with Crippen molar-refractivity contribution in [3.8, 4) is 0 Å². The first-order valence-electron chi connectivity index (χ1n) is 9.16. The maximum Gasteiger partial charge on any atom is 0.275 e. The van der Waals surface area contributed by atoms with Crippen LogP contribution in [0, 0.1) is 0 Å². The van der Waals surface area contributed by atoms with E-state index < -0.39 is 0 Å². The summed E-state index contributed by atoms with van der Waals surface area (Å²) in [6.45, 7) is 6.58. The SMILES string of the molecule is CN1N=C(CCc2ccc(Cl)cc2)/C(=C\c2ccc(C(C)(C)C)cc2)C1=O. The number of hydrazone groups is 1. The largest absolute Gasteiger partial charge is 0.275 e. The molecule has 0 saturated heterocycles. The van der Waals surface area contributed by atoms with Gasteiger partial charge in [0.15, 0.2) is 0 Å². The van der Waals surface area contributed by atoms with Crippen LogP contribution in [0.2, 0.25) is 5.02 Å². The molecule has 27 heavy (non-hydrogen) atoms. The molecule has 0 bridgehead atoms. The zero-order valence-electron chi connectivity index (χ0n) is 16.3. The fraction of sp³-hybridized carbons (Fsp3) is 0.304. The molecule has 1 amide bonds. The summed E-state index contributed by atoms with van der Waals surface area (Å²) in [6, 6.07) is 16.2. The number of aryl methyl sites for hydroxylation is 1. The van der Waals surface area contributed by atoms with Crippen molar-refractivity contribution in [2.24, 2.45) is 5.10 Å². The molecule has 0 atom stereocenters. The van der Waals surface area contributed by atoms with Gasteiger partial charge in [-0.25, -0.2) is 5.01 Å². The predicted molar refractivity (Wildman–Crippen MR) is 113 cm³/mol. The minimum Gasteiger partial charge on any atom is -0.267 e. The Balaban J connectivity index is 1.79. The topological polar surface area (TPSA) is 32.7 Å². The van der Waals surface area contributed by atoms with Crippen molar-refractivity contribution in [2.75, 3.05) is 7.05 Å². The molecule has 1 heterocycles. The second-order valence-electron chi connectivity index (χ2n) is 7.93. The Bertz CT molecular complexity index is 887. The Morgan fingerprint density at radius 2 is 1.63 bits per heavy atom. The van der Waals surface area contributed by atoms with Crippen LogP contribution in [0.15, 0.2) is 59.2 Å². The lowest BCUT2D eigenvalue weighted by Crippen LogP contribution is -2.17. The van der Waals surface area contributed by atoms with Crippen LogP contribution in [0.5, 0.6) is 0 Å². The number of likely N-dealkylation sites (N-methyl/N-ethyl adjacent to an activating group) is 1. The van der Waals surface area contributed by atoms with Crippen LogP contribution in [-0.4, -0.2) is 23.7 Å². The summed E-state index contributed by atoms with van der Waals surface area (Å²) in [4.78, 5) is 12.5. The summed E-state index contributed by atoms with van der Waals surface area (Å²) < 4.78 is 0. The number of hydrogen-bond donors (Lipinski definition) is 0. The third kappa shape index (κ3) is 4.67. The van der Waals surface area contributed by atoms with Gasteiger partial charge in [-0.1, -0.05) is 68.8 Å². The molecule has 0 fully saturated rings. The molecular weight excluding hydrogens is 356 g/mol. The van der Waals surface area contributed by atoms with E-state index in [0.717, 1.165) is 22.7 Å². The Morgan fingerprint density at radius 3 is 2.22 bits per heavy atom. The van der Waals surface area contributed by atoms with Crippen molar-refractivity contribution in [1.29, 1.82) is 0 Å². The number of carbonyl (C=O) groups is 1. The zero-order chi connectivity index (χ0) is 19.6. The minimum atomic E-state index is -0.0546. The van der Waals surface area contributed by atoms with Gasteiger partial charge in [0.05, 0.1) is 11.3 Å². The van der Waals surface area contributed by atoms with Crippen LogP contribution >= 0.6 is 11.6 Å². The standard InChI is InChI=1S/C23H25ClN2O/c1-23(2,3)18-10-5-17(6-11-18)15-20-21(25-26(4)22(20)27)14-9-16-7-12-19(24)13-8-16/h5-8,10-13,15H,9,14H2,1-4H3/b20-15+. The van der Waals surface area contributed by atoms with E-state index in [1.54, 1.807) is 7.05 Å². The second-order valence-corrected chi connectivity index (χ2v) is 8.37. The van der Waals surface area contributed by atoms with E-state index >= 15 is 0 Å². The number of rotatable bonds is 4. The van der Waals surface area contributed by atoms with Crippen molar-refractivity contribution in [3.05, 3.63) is 75.8 Å². The van der Waals surface area contributed by atoms with Gasteiger partial charge >= 0.3 is 0 Å². The Morgan fingerprint density at radius 1 is 1.00 bits per heavy atom. The molecule has 0 aliphatic carbocycles. The maximum atomic E-state index is 12.5. The van der Waals surface area contributed by atoms with E-state index in [9.17, 15) is 4.79 Å². The summed E-state index contributed by atoms with van der Waals surface area (Å²) in [7, 11) is 1.70. The molecule has 1 aliphatic heterocycles. The summed E-state index contributed by atoms with van der Waals surface area (Å²) in [5.74, 6) is -0.0546. The average Bonchev–Trinajstić information content (AvgIpc) is 2.89. The fourth-order valence-corrected chi connectivity index (χ4v) is 3.19. The van der Waals surface area contributed by atoms with Gasteiger partial charge in [0.1, 0.15) is 0 Å². The summed E-state index contributed by atoms with van der Waals surface area (Å²) >= 11 is 5.95. The lowest BCUT2D eigenvalue weighted by atomic mass is 9.86. The number of carbonyl (C=O) groups excluding carboxylic acids is 1. The highest BCUT2D eigenvalue weighted by Gasteiger charge is 2.27. The van der Waals surface area contributed by atoms with Gasteiger partial charge in [0.2, 0.25) is 0 Å². The predicted octanol–water partition coefficient (Wildman–Crippen LogP) is 5.48. The third-order valence-corrected chi connectivity index (χ3v) is 5.01. The molecule has 0 N–H and O–H groups in total. The molecule has 2 aromatic carbocycles. The quantitative estimate of drug-likeness (QED) is 0.646. The Hall–Kier alpha value is -2.39. The molecule has 0 saturated carbocycles. The van der Waals surface area contributed by atoms with E-state index in [1.807, 2.05) is 30.3 Å². The van der Waals surface area contributed by atoms with Gasteiger partial charge in [-0.3, -0.25) is 4.79 Å². The lowest BCUT2D eigenvalue weighted by Gasteiger charge is -2.18. The van der Waals surface area contributed by atoms with E-state index in [4.69, 9.17) is 11.6 Å². The van der Waals surface area contributed by atoms with E-state index in [2.05, 4.69) is 50.1 Å². The number of halogens is 1. The van der Waals surface area contributed by atoms with Gasteiger partial charge in [-0.05, 0) is 53.2 Å². The molecule has 0 unspecified atom stereocenters. The maximum absolute atomic E-state index is 12.5. The van der Waals surface area contributed by atoms with Gasteiger partial charge in [0, 0.05) is 12.1 Å². The molecule has 4 heteroatoms. The Kier molecular flexibility index (Phi) is 5.52. The summed E-state index contributed by atoms with van der Waals surface area (Å²) in [5, 5.41) is 6.59. The summed E-state index contributed by atoms with van der Waals surface area (Å²) in [6.07, 6.45) is 3.47. The monoisotopic (exact) mass is 380 g/mol. The van der Waals surface area contributed by atoms with Crippen LogP contribution in [0.3, 0.4) is 0 Å². The molecular formula is C23H25ClN2O. The van der Waals surface area contributed by atoms with Gasteiger partial charge in [-0.15, -0.1) is 0 Å². The van der Waals surface area contributed by atoms with Crippen molar-refractivity contribution >= 4 is 29.3 Å². The molecule has 0 spiro atoms. The number of nitrogens with zero attached hydrogens (tertiary/aromatic N) is 2. The highest BCUT2D eigenvalue weighted by molar-refractivity contribution is 6.30. The van der Waals surface area contributed by atoms with Gasteiger partial charge < -0.3 is 0 Å². The van der Waals surface area contributed by atoms with E-state index in [1.165, 1.54) is 16.1 Å². The Labute approximate surface area is 166 Å². The zero-order valence-corrected chi connectivity index (χ0v) is 17.0. The molecule has 140 valence electrons. The van der Waals surface area contributed by atoms with Crippen molar-refractivity contribution in [2.45, 2.75) is 39.0 Å². The molecule has 0 radical (unpaired) electrons. The first-order chi connectivity index (χ1) is 12.7. The molecule has 3 rings (SSSR count). The average molecular weight is 381 g/mol. The molecule has 1 aliphatic rings. The minimum absolute atomic E-state index is 0.0546. The molecule has 0 aromatic heterocycles. The van der Waals surface area contributed by atoms with Crippen molar-refractivity contribution in [3.63, 3.8) is 0 Å². The summed E-state index contributed by atoms with van der Waals surface area (Å²) in [5.41, 5.74) is 5.09. The lowest BCUT2D eigenvalue weighted by molar-refractivity contribution is -0.124. The number of hydrogen-bond acceptors (Lipinski definition) is 2. The first kappa shape index (κ1) is 19.4. The van der Waals surface area contributed by atoms with Crippen LogP contribution in [0.25, 0.3) is 6.08 Å². The third-order valence-electron chi connectivity index (χ3n) is 4.76. The number of amides is 1.